The molecule has 0 saturated heterocycles. The molecule has 0 nitrogen and oxygen atoms in total. The molecular weight excluding hydrogens is 246 g/mol. The van der Waals surface area contributed by atoms with Crippen LogP contribution in [-0.4, -0.2) is 0 Å². The summed E-state index contributed by atoms with van der Waals surface area (Å²) >= 11 is 4.39. The van der Waals surface area contributed by atoms with E-state index in [1.54, 1.807) is 11.4 Å². The van der Waals surface area contributed by atoms with Crippen LogP contribution in [0.25, 0.3) is 10.1 Å². The van der Waals surface area contributed by atoms with Crippen molar-refractivity contribution in [1.82, 2.24) is 0 Å². The van der Waals surface area contributed by atoms with Crippen molar-refractivity contribution < 1.29 is 8.78 Å². The molecule has 0 bridgehead atoms. The minimum absolute atomic E-state index is 0.207. The molecule has 2 aromatic rings. The topological polar surface area (TPSA) is 0 Å². The van der Waals surface area contributed by atoms with Crippen molar-refractivity contribution in [3.05, 3.63) is 33.6 Å². The highest BCUT2D eigenvalue weighted by molar-refractivity contribution is 9.10. The zero-order valence-electron chi connectivity index (χ0n) is 5.77. The summed E-state index contributed by atoms with van der Waals surface area (Å²) in [5, 5.41) is 2.52. The van der Waals surface area contributed by atoms with E-state index in [0.29, 0.717) is 0 Å². The van der Waals surface area contributed by atoms with Crippen LogP contribution in [-0.2, 0) is 0 Å². The molecule has 1 aromatic heterocycles. The molecule has 0 unspecified atom stereocenters. The van der Waals surface area contributed by atoms with E-state index in [9.17, 15) is 8.78 Å². The van der Waals surface area contributed by atoms with Crippen LogP contribution in [0.1, 0.15) is 0 Å². The first kappa shape index (κ1) is 8.13. The van der Waals surface area contributed by atoms with Crippen molar-refractivity contribution in [3.63, 3.8) is 0 Å². The summed E-state index contributed by atoms with van der Waals surface area (Å²) in [6, 6.07) is 2.96. The second-order valence-electron chi connectivity index (χ2n) is 2.32. The third-order valence-electron chi connectivity index (χ3n) is 1.59. The van der Waals surface area contributed by atoms with Crippen LogP contribution in [0.4, 0.5) is 8.78 Å². The molecule has 0 spiro atoms. The van der Waals surface area contributed by atoms with Crippen LogP contribution in [0.5, 0.6) is 0 Å². The first-order valence-corrected chi connectivity index (χ1v) is 4.88. The Morgan fingerprint density at radius 1 is 1.33 bits per heavy atom. The summed E-state index contributed by atoms with van der Waals surface area (Å²) in [5.41, 5.74) is 0. The van der Waals surface area contributed by atoms with Crippen LogP contribution in [0.3, 0.4) is 0 Å². The molecule has 12 heavy (non-hydrogen) atoms. The van der Waals surface area contributed by atoms with Gasteiger partial charge in [0, 0.05) is 10.1 Å². The number of rotatable bonds is 0. The summed E-state index contributed by atoms with van der Waals surface area (Å²) in [6.45, 7) is 0. The summed E-state index contributed by atoms with van der Waals surface area (Å²) < 4.78 is 26.7. The maximum atomic E-state index is 12.9. The van der Waals surface area contributed by atoms with E-state index in [2.05, 4.69) is 15.9 Å². The van der Waals surface area contributed by atoms with Gasteiger partial charge in [0.25, 0.3) is 0 Å². The number of benzene rings is 1. The van der Waals surface area contributed by atoms with Gasteiger partial charge >= 0.3 is 0 Å². The fourth-order valence-corrected chi connectivity index (χ4v) is 2.50. The molecule has 1 heterocycles. The van der Waals surface area contributed by atoms with Crippen molar-refractivity contribution in [2.24, 2.45) is 0 Å². The van der Waals surface area contributed by atoms with E-state index >= 15 is 0 Å². The van der Waals surface area contributed by atoms with Crippen LogP contribution < -0.4 is 0 Å². The van der Waals surface area contributed by atoms with Gasteiger partial charge in [-0.25, -0.2) is 8.78 Å². The van der Waals surface area contributed by atoms with Gasteiger partial charge in [-0.1, -0.05) is 0 Å². The van der Waals surface area contributed by atoms with E-state index < -0.39 is 11.6 Å². The largest absolute Gasteiger partial charge is 0.204 e. The molecule has 0 N–H and O–H groups in total. The first-order valence-electron chi connectivity index (χ1n) is 3.21. The average molecular weight is 249 g/mol. The Kier molecular flexibility index (Phi) is 1.88. The average Bonchev–Trinajstić information content (AvgIpc) is 2.48. The van der Waals surface area contributed by atoms with Crippen molar-refractivity contribution in [1.29, 1.82) is 0 Å². The zero-order chi connectivity index (χ0) is 8.72. The van der Waals surface area contributed by atoms with Gasteiger partial charge in [0.05, 0.1) is 4.47 Å². The lowest BCUT2D eigenvalue weighted by molar-refractivity contribution is 0.507. The summed E-state index contributed by atoms with van der Waals surface area (Å²) in [4.78, 5) is 0. The van der Waals surface area contributed by atoms with E-state index in [1.807, 2.05) is 0 Å². The van der Waals surface area contributed by atoms with Crippen molar-refractivity contribution >= 4 is 37.4 Å². The number of hydrogen-bond donors (Lipinski definition) is 0. The number of thiophene rings is 1. The van der Waals surface area contributed by atoms with Gasteiger partial charge in [-0.2, -0.15) is 0 Å². The van der Waals surface area contributed by atoms with E-state index in [0.717, 1.165) is 10.1 Å². The molecular formula is C8H3BrF2S. The van der Waals surface area contributed by atoms with E-state index in [4.69, 9.17) is 0 Å². The molecule has 1 aromatic carbocycles. The predicted molar refractivity (Wildman–Crippen MR) is 49.4 cm³/mol. The molecule has 62 valence electrons. The molecule has 0 aliphatic carbocycles. The lowest BCUT2D eigenvalue weighted by Crippen LogP contribution is -1.84. The van der Waals surface area contributed by atoms with Crippen LogP contribution in [0, 0.1) is 11.6 Å². The SMILES string of the molecule is Fc1cc2sccc2c(Br)c1F. The second-order valence-corrected chi connectivity index (χ2v) is 4.06. The molecule has 0 radical (unpaired) electrons. The Balaban J connectivity index is 2.94. The fraction of sp³-hybridized carbons (Fsp3) is 0. The standard InChI is InChI=1S/C8H3BrF2S/c9-7-4-1-2-12-6(4)3-5(10)8(7)11/h1-3H. The van der Waals surface area contributed by atoms with Crippen molar-refractivity contribution in [2.45, 2.75) is 0 Å². The molecule has 0 amide bonds. The maximum absolute atomic E-state index is 12.9. The normalized spacial score (nSPS) is 10.9. The minimum atomic E-state index is -0.819. The molecule has 0 atom stereocenters. The van der Waals surface area contributed by atoms with E-state index in [1.165, 1.54) is 17.4 Å². The van der Waals surface area contributed by atoms with Gasteiger partial charge in [0.15, 0.2) is 11.6 Å². The number of halogens is 3. The zero-order valence-corrected chi connectivity index (χ0v) is 8.18. The third-order valence-corrected chi connectivity index (χ3v) is 3.23. The lowest BCUT2D eigenvalue weighted by Gasteiger charge is -1.97. The van der Waals surface area contributed by atoms with Gasteiger partial charge < -0.3 is 0 Å². The predicted octanol–water partition coefficient (Wildman–Crippen LogP) is 3.94. The maximum Gasteiger partial charge on any atom is 0.173 e. The Bertz CT molecular complexity index is 436. The Morgan fingerprint density at radius 3 is 2.83 bits per heavy atom. The minimum Gasteiger partial charge on any atom is -0.204 e. The van der Waals surface area contributed by atoms with Gasteiger partial charge in [0.2, 0.25) is 0 Å². The molecule has 0 aliphatic heterocycles. The van der Waals surface area contributed by atoms with Gasteiger partial charge in [-0.15, -0.1) is 11.3 Å². The first-order chi connectivity index (χ1) is 5.70. The quantitative estimate of drug-likeness (QED) is 0.620. The smallest absolute Gasteiger partial charge is 0.173 e. The molecule has 0 saturated carbocycles. The highest BCUT2D eigenvalue weighted by atomic mass is 79.9. The van der Waals surface area contributed by atoms with Gasteiger partial charge in [0.1, 0.15) is 0 Å². The van der Waals surface area contributed by atoms with E-state index in [-0.39, 0.29) is 4.47 Å². The third kappa shape index (κ3) is 1.06. The molecule has 0 aliphatic rings. The van der Waals surface area contributed by atoms with Crippen molar-refractivity contribution in [2.75, 3.05) is 0 Å². The molecule has 0 fully saturated rings. The fourth-order valence-electron chi connectivity index (χ4n) is 1.02. The summed E-state index contributed by atoms with van der Waals surface area (Å²) in [7, 11) is 0. The molecule has 2 rings (SSSR count). The highest BCUT2D eigenvalue weighted by Gasteiger charge is 2.11. The number of fused-ring (bicyclic) bond motifs is 1. The van der Waals surface area contributed by atoms with Gasteiger partial charge in [-0.3, -0.25) is 0 Å². The summed E-state index contributed by atoms with van der Waals surface area (Å²) in [5.74, 6) is -1.63. The second kappa shape index (κ2) is 2.78. The number of hydrogen-bond acceptors (Lipinski definition) is 1. The van der Waals surface area contributed by atoms with Crippen LogP contribution in [0.2, 0.25) is 0 Å². The Hall–Kier alpha value is -0.480. The van der Waals surface area contributed by atoms with Gasteiger partial charge in [-0.05, 0) is 33.4 Å². The molecule has 4 heteroatoms. The van der Waals surface area contributed by atoms with Crippen molar-refractivity contribution in [3.8, 4) is 0 Å². The highest BCUT2D eigenvalue weighted by Crippen LogP contribution is 2.31. The summed E-state index contributed by atoms with van der Waals surface area (Å²) in [6.07, 6.45) is 0. The lowest BCUT2D eigenvalue weighted by atomic mass is 10.2. The Morgan fingerprint density at radius 2 is 2.08 bits per heavy atom. The Labute approximate surface area is 80.0 Å². The van der Waals surface area contributed by atoms with Crippen LogP contribution >= 0.6 is 27.3 Å². The monoisotopic (exact) mass is 248 g/mol. The van der Waals surface area contributed by atoms with Crippen LogP contribution in [0.15, 0.2) is 22.0 Å².